The van der Waals surface area contributed by atoms with Crippen molar-refractivity contribution in [1.82, 2.24) is 9.91 Å². The highest BCUT2D eigenvalue weighted by Gasteiger charge is 2.19. The number of hydrogen-bond acceptors (Lipinski definition) is 3. The van der Waals surface area contributed by atoms with E-state index in [1.807, 2.05) is 5.01 Å². The van der Waals surface area contributed by atoms with Gasteiger partial charge in [-0.15, -0.1) is 0 Å². The van der Waals surface area contributed by atoms with Crippen LogP contribution in [-0.4, -0.2) is 42.6 Å². The van der Waals surface area contributed by atoms with Crippen LogP contribution in [0.1, 0.15) is 32.1 Å². The van der Waals surface area contributed by atoms with E-state index in [1.54, 1.807) is 0 Å². The van der Waals surface area contributed by atoms with E-state index < -0.39 is 0 Å². The molecule has 2 N–H and O–H groups in total. The summed E-state index contributed by atoms with van der Waals surface area (Å²) in [6.07, 6.45) is 7.31. The lowest BCUT2D eigenvalue weighted by atomic mass is 9.89. The van der Waals surface area contributed by atoms with Gasteiger partial charge >= 0.3 is 0 Å². The van der Waals surface area contributed by atoms with Crippen LogP contribution in [0, 0.1) is 5.92 Å². The van der Waals surface area contributed by atoms with Gasteiger partial charge in [-0.1, -0.05) is 19.3 Å². The molecule has 2 rings (SSSR count). The molecule has 0 spiro atoms. The van der Waals surface area contributed by atoms with Gasteiger partial charge in [0.25, 0.3) is 0 Å². The summed E-state index contributed by atoms with van der Waals surface area (Å²) in [5.41, 5.74) is 0. The topological polar surface area (TPSA) is 32.5 Å². The summed E-state index contributed by atoms with van der Waals surface area (Å²) < 4.78 is 0. The number of rotatable bonds is 2. The van der Waals surface area contributed by atoms with Crippen molar-refractivity contribution >= 4 is 0 Å². The van der Waals surface area contributed by atoms with E-state index >= 15 is 0 Å². The van der Waals surface area contributed by atoms with Crippen LogP contribution < -0.4 is 5.84 Å². The molecule has 0 bridgehead atoms. The first kappa shape index (κ1) is 10.4. The fourth-order valence-corrected chi connectivity index (χ4v) is 2.68. The number of hydrazine groups is 1. The van der Waals surface area contributed by atoms with Crippen LogP contribution in [0.4, 0.5) is 0 Å². The third-order valence-electron chi connectivity index (χ3n) is 3.65. The lowest BCUT2D eigenvalue weighted by Gasteiger charge is -2.35. The van der Waals surface area contributed by atoms with E-state index in [-0.39, 0.29) is 0 Å². The second kappa shape index (κ2) is 5.10. The Morgan fingerprint density at radius 3 is 2.21 bits per heavy atom. The molecule has 1 saturated heterocycles. The van der Waals surface area contributed by atoms with E-state index in [0.29, 0.717) is 0 Å². The van der Waals surface area contributed by atoms with E-state index in [9.17, 15) is 0 Å². The van der Waals surface area contributed by atoms with Gasteiger partial charge in [0, 0.05) is 32.7 Å². The Bertz CT molecular complexity index is 158. The summed E-state index contributed by atoms with van der Waals surface area (Å²) in [7, 11) is 0. The van der Waals surface area contributed by atoms with Crippen LogP contribution in [0.3, 0.4) is 0 Å². The SMILES string of the molecule is NN1CCN(CC2CCCCC2)CC1. The van der Waals surface area contributed by atoms with Crippen LogP contribution >= 0.6 is 0 Å². The Morgan fingerprint density at radius 2 is 1.57 bits per heavy atom. The smallest absolute Gasteiger partial charge is 0.0257 e. The van der Waals surface area contributed by atoms with Crippen LogP contribution in [0.2, 0.25) is 0 Å². The minimum absolute atomic E-state index is 0.980. The summed E-state index contributed by atoms with van der Waals surface area (Å²) in [5, 5.41) is 1.94. The standard InChI is InChI=1S/C11H23N3/c12-14-8-6-13(7-9-14)10-11-4-2-1-3-5-11/h11H,1-10,12H2. The van der Waals surface area contributed by atoms with Gasteiger partial charge in [0.1, 0.15) is 0 Å². The van der Waals surface area contributed by atoms with Crippen LogP contribution in [-0.2, 0) is 0 Å². The molecule has 82 valence electrons. The molecule has 3 heteroatoms. The first-order valence-electron chi connectivity index (χ1n) is 6.06. The summed E-state index contributed by atoms with van der Waals surface area (Å²) in [6, 6.07) is 0. The van der Waals surface area contributed by atoms with Crippen molar-refractivity contribution in [3.8, 4) is 0 Å². The van der Waals surface area contributed by atoms with Gasteiger partial charge in [0.15, 0.2) is 0 Å². The van der Waals surface area contributed by atoms with Gasteiger partial charge in [-0.2, -0.15) is 0 Å². The van der Waals surface area contributed by atoms with Crippen LogP contribution in [0.15, 0.2) is 0 Å². The zero-order valence-corrected chi connectivity index (χ0v) is 9.12. The van der Waals surface area contributed by atoms with Crippen molar-refractivity contribution in [1.29, 1.82) is 0 Å². The Labute approximate surface area is 87.2 Å². The number of nitrogens with two attached hydrogens (primary N) is 1. The summed E-state index contributed by atoms with van der Waals surface area (Å²) >= 11 is 0. The molecule has 0 radical (unpaired) electrons. The molecule has 0 aromatic rings. The second-order valence-corrected chi connectivity index (χ2v) is 4.84. The largest absolute Gasteiger partial charge is 0.300 e. The van der Waals surface area contributed by atoms with Gasteiger partial charge in [0.2, 0.25) is 0 Å². The fraction of sp³-hybridized carbons (Fsp3) is 1.00. The predicted octanol–water partition coefficient (Wildman–Crippen LogP) is 1.06. The van der Waals surface area contributed by atoms with Crippen molar-refractivity contribution in [3.63, 3.8) is 0 Å². The van der Waals surface area contributed by atoms with Gasteiger partial charge in [-0.25, -0.2) is 5.01 Å². The molecule has 0 aromatic heterocycles. The summed E-state index contributed by atoms with van der Waals surface area (Å²) in [4.78, 5) is 2.60. The van der Waals surface area contributed by atoms with Crippen molar-refractivity contribution < 1.29 is 0 Å². The van der Waals surface area contributed by atoms with Gasteiger partial charge in [-0.3, -0.25) is 5.84 Å². The van der Waals surface area contributed by atoms with Gasteiger partial charge in [-0.05, 0) is 18.8 Å². The molecule has 14 heavy (non-hydrogen) atoms. The van der Waals surface area contributed by atoms with E-state index in [2.05, 4.69) is 4.90 Å². The quantitative estimate of drug-likeness (QED) is 0.672. The molecule has 0 atom stereocenters. The number of hydrogen-bond donors (Lipinski definition) is 1. The second-order valence-electron chi connectivity index (χ2n) is 4.84. The molecule has 2 aliphatic rings. The van der Waals surface area contributed by atoms with Crippen molar-refractivity contribution in [2.24, 2.45) is 11.8 Å². The molecule has 0 amide bonds. The zero-order valence-electron chi connectivity index (χ0n) is 9.12. The maximum Gasteiger partial charge on any atom is 0.0257 e. The normalized spacial score (nSPS) is 28.1. The fourth-order valence-electron chi connectivity index (χ4n) is 2.68. The third-order valence-corrected chi connectivity index (χ3v) is 3.65. The Morgan fingerprint density at radius 1 is 0.929 bits per heavy atom. The average Bonchev–Trinajstić information content (AvgIpc) is 2.23. The van der Waals surface area contributed by atoms with Crippen LogP contribution in [0.25, 0.3) is 0 Å². The highest BCUT2D eigenvalue weighted by atomic mass is 15.4. The van der Waals surface area contributed by atoms with Crippen molar-refractivity contribution in [3.05, 3.63) is 0 Å². The molecule has 1 aliphatic heterocycles. The maximum atomic E-state index is 5.74. The Balaban J connectivity index is 1.68. The number of nitrogens with zero attached hydrogens (tertiary/aromatic N) is 2. The molecular weight excluding hydrogens is 174 g/mol. The molecule has 2 fully saturated rings. The Hall–Kier alpha value is -0.120. The van der Waals surface area contributed by atoms with Gasteiger partial charge < -0.3 is 4.90 Å². The number of piperazine rings is 1. The molecular formula is C11H23N3. The minimum Gasteiger partial charge on any atom is -0.300 e. The molecule has 0 unspecified atom stereocenters. The lowest BCUT2D eigenvalue weighted by Crippen LogP contribution is -2.50. The minimum atomic E-state index is 0.980. The maximum absolute atomic E-state index is 5.74. The first-order chi connectivity index (χ1) is 6.84. The molecule has 3 nitrogen and oxygen atoms in total. The molecule has 0 aromatic carbocycles. The highest BCUT2D eigenvalue weighted by molar-refractivity contribution is 4.74. The van der Waals surface area contributed by atoms with Crippen LogP contribution in [0.5, 0.6) is 0 Å². The van der Waals surface area contributed by atoms with Crippen molar-refractivity contribution in [2.75, 3.05) is 32.7 Å². The summed E-state index contributed by atoms with van der Waals surface area (Å²) in [6.45, 7) is 5.77. The first-order valence-corrected chi connectivity index (χ1v) is 6.06. The highest BCUT2D eigenvalue weighted by Crippen LogP contribution is 2.24. The van der Waals surface area contributed by atoms with Gasteiger partial charge in [0.05, 0.1) is 0 Å². The van der Waals surface area contributed by atoms with Crippen molar-refractivity contribution in [2.45, 2.75) is 32.1 Å². The predicted molar refractivity (Wildman–Crippen MR) is 58.8 cm³/mol. The molecule has 1 aliphatic carbocycles. The van der Waals surface area contributed by atoms with E-state index in [0.717, 1.165) is 19.0 Å². The zero-order chi connectivity index (χ0) is 9.80. The monoisotopic (exact) mass is 197 g/mol. The van der Waals surface area contributed by atoms with E-state index in [1.165, 1.54) is 51.7 Å². The molecule has 1 saturated carbocycles. The summed E-state index contributed by atoms with van der Waals surface area (Å²) in [5.74, 6) is 6.72. The van der Waals surface area contributed by atoms with E-state index in [4.69, 9.17) is 5.84 Å². The lowest BCUT2D eigenvalue weighted by molar-refractivity contribution is 0.110. The molecule has 1 heterocycles. The average molecular weight is 197 g/mol. The third kappa shape index (κ3) is 2.94. The Kier molecular flexibility index (Phi) is 3.79.